The van der Waals surface area contributed by atoms with Gasteiger partial charge in [-0.2, -0.15) is 0 Å². The van der Waals surface area contributed by atoms with Crippen LogP contribution in [0.15, 0.2) is 0 Å². The summed E-state index contributed by atoms with van der Waals surface area (Å²) in [5, 5.41) is 11.8. The van der Waals surface area contributed by atoms with Gasteiger partial charge in [0.2, 0.25) is 5.91 Å². The number of aliphatic hydroxyl groups is 1. The lowest BCUT2D eigenvalue weighted by atomic mass is 10.0. The summed E-state index contributed by atoms with van der Waals surface area (Å²) in [5.74, 6) is 0.00509. The molecule has 1 amide bonds. The molecule has 0 aromatic carbocycles. The van der Waals surface area contributed by atoms with Crippen LogP contribution in [0.1, 0.15) is 26.2 Å². The van der Waals surface area contributed by atoms with Gasteiger partial charge in [-0.25, -0.2) is 0 Å². The molecule has 2 atom stereocenters. The van der Waals surface area contributed by atoms with Crippen molar-refractivity contribution < 1.29 is 19.3 Å². The molecule has 0 bridgehead atoms. The maximum absolute atomic E-state index is 10.6. The smallest absolute Gasteiger partial charge is 0.216 e. The summed E-state index contributed by atoms with van der Waals surface area (Å²) < 4.78 is 5.20. The molecular formula is C11H24NO4P. The van der Waals surface area contributed by atoms with Crippen molar-refractivity contribution in [2.24, 2.45) is 5.92 Å². The zero-order chi connectivity index (χ0) is 13.3. The zero-order valence-electron chi connectivity index (χ0n) is 10.7. The molecule has 0 aromatic rings. The van der Waals surface area contributed by atoms with Crippen molar-refractivity contribution in [2.45, 2.75) is 26.2 Å². The molecule has 0 radical (unpaired) electrons. The lowest BCUT2D eigenvalue weighted by Crippen LogP contribution is -2.21. The van der Waals surface area contributed by atoms with Crippen LogP contribution in [0.2, 0.25) is 0 Å². The third-order valence-corrected chi connectivity index (χ3v) is 2.96. The van der Waals surface area contributed by atoms with Gasteiger partial charge in [0.15, 0.2) is 0 Å². The first kappa shape index (κ1) is 16.6. The summed E-state index contributed by atoms with van der Waals surface area (Å²) in [4.78, 5) is 20.0. The van der Waals surface area contributed by atoms with Crippen LogP contribution < -0.4 is 5.32 Å². The van der Waals surface area contributed by atoms with Crippen LogP contribution in [0.5, 0.6) is 0 Å². The lowest BCUT2D eigenvalue weighted by molar-refractivity contribution is -0.118. The SMILES string of the molecule is C=P(C)(O)OCC(CO)CCCCNC(C)=O. The van der Waals surface area contributed by atoms with E-state index < -0.39 is 7.34 Å². The van der Waals surface area contributed by atoms with Crippen LogP contribution >= 0.6 is 7.34 Å². The van der Waals surface area contributed by atoms with Gasteiger partial charge in [0, 0.05) is 32.7 Å². The number of carbonyl (C=O) groups excluding carboxylic acids is 1. The van der Waals surface area contributed by atoms with Crippen molar-refractivity contribution in [1.82, 2.24) is 5.32 Å². The van der Waals surface area contributed by atoms with Crippen LogP contribution in [-0.2, 0) is 9.32 Å². The Morgan fingerprint density at radius 1 is 1.53 bits per heavy atom. The van der Waals surface area contributed by atoms with Crippen molar-refractivity contribution in [3.8, 4) is 0 Å². The second-order valence-electron chi connectivity index (χ2n) is 4.37. The first-order valence-electron chi connectivity index (χ1n) is 5.78. The number of carbonyl (C=O) groups is 1. The van der Waals surface area contributed by atoms with Crippen molar-refractivity contribution >= 4 is 19.5 Å². The second-order valence-corrected chi connectivity index (χ2v) is 6.73. The Morgan fingerprint density at radius 3 is 2.65 bits per heavy atom. The van der Waals surface area contributed by atoms with Crippen LogP contribution in [0.4, 0.5) is 0 Å². The van der Waals surface area contributed by atoms with Gasteiger partial charge < -0.3 is 19.8 Å². The summed E-state index contributed by atoms with van der Waals surface area (Å²) in [6, 6.07) is 0. The molecule has 2 unspecified atom stereocenters. The molecule has 17 heavy (non-hydrogen) atoms. The van der Waals surface area contributed by atoms with Crippen LogP contribution in [0.3, 0.4) is 0 Å². The third-order valence-electron chi connectivity index (χ3n) is 2.26. The first-order valence-corrected chi connectivity index (χ1v) is 8.08. The Bertz CT molecular complexity index is 264. The van der Waals surface area contributed by atoms with Crippen molar-refractivity contribution in [1.29, 1.82) is 0 Å². The van der Waals surface area contributed by atoms with Crippen molar-refractivity contribution in [3.63, 3.8) is 0 Å². The average Bonchev–Trinajstić information content (AvgIpc) is 2.20. The number of rotatable bonds is 9. The summed E-state index contributed by atoms with van der Waals surface area (Å²) in [5.41, 5.74) is 0. The molecule has 0 saturated heterocycles. The molecule has 3 N–H and O–H groups in total. The minimum atomic E-state index is -2.46. The molecule has 6 heteroatoms. The molecule has 0 heterocycles. The molecule has 0 spiro atoms. The Labute approximate surface area is 103 Å². The van der Waals surface area contributed by atoms with E-state index in [9.17, 15) is 9.69 Å². The molecule has 0 rings (SSSR count). The van der Waals surface area contributed by atoms with Gasteiger partial charge in [0.25, 0.3) is 0 Å². The Morgan fingerprint density at radius 2 is 2.18 bits per heavy atom. The van der Waals surface area contributed by atoms with E-state index in [0.29, 0.717) is 13.2 Å². The second kappa shape index (κ2) is 8.70. The lowest BCUT2D eigenvalue weighted by Gasteiger charge is -2.18. The van der Waals surface area contributed by atoms with E-state index in [-0.39, 0.29) is 18.4 Å². The third kappa shape index (κ3) is 11.9. The quantitative estimate of drug-likeness (QED) is 0.426. The normalized spacial score (nSPS) is 16.2. The Balaban J connectivity index is 3.61. The largest absolute Gasteiger partial charge is 0.396 e. The summed E-state index contributed by atoms with van der Waals surface area (Å²) >= 11 is 0. The number of nitrogens with one attached hydrogen (secondary N) is 1. The predicted octanol–water partition coefficient (Wildman–Crippen LogP) is 0.820. The van der Waals surface area contributed by atoms with Crippen LogP contribution in [0, 0.1) is 5.92 Å². The fraction of sp³-hybridized carbons (Fsp3) is 0.818. The monoisotopic (exact) mass is 265 g/mol. The predicted molar refractivity (Wildman–Crippen MR) is 71.2 cm³/mol. The van der Waals surface area contributed by atoms with E-state index >= 15 is 0 Å². The van der Waals surface area contributed by atoms with Gasteiger partial charge in [-0.15, -0.1) is 0 Å². The van der Waals surface area contributed by atoms with Crippen molar-refractivity contribution in [3.05, 3.63) is 0 Å². The molecule has 0 aliphatic carbocycles. The highest BCUT2D eigenvalue weighted by atomic mass is 31.2. The average molecular weight is 265 g/mol. The van der Waals surface area contributed by atoms with E-state index in [0.717, 1.165) is 19.3 Å². The molecule has 0 aliphatic heterocycles. The first-order chi connectivity index (χ1) is 7.85. The molecule has 0 aromatic heterocycles. The topological polar surface area (TPSA) is 78.8 Å². The molecule has 0 saturated carbocycles. The minimum Gasteiger partial charge on any atom is -0.396 e. The van der Waals surface area contributed by atoms with Gasteiger partial charge in [0.1, 0.15) is 7.34 Å². The molecule has 0 aliphatic rings. The van der Waals surface area contributed by atoms with Gasteiger partial charge in [0.05, 0.1) is 6.61 Å². The van der Waals surface area contributed by atoms with E-state index in [4.69, 9.17) is 9.63 Å². The maximum Gasteiger partial charge on any atom is 0.216 e. The Hall–Kier alpha value is -0.350. The summed E-state index contributed by atoms with van der Waals surface area (Å²) in [7, 11) is -2.46. The summed E-state index contributed by atoms with van der Waals surface area (Å²) in [6.07, 6.45) is 6.13. The van der Waals surface area contributed by atoms with Crippen LogP contribution in [-0.4, -0.2) is 48.6 Å². The Kier molecular flexibility index (Phi) is 8.52. The molecular weight excluding hydrogens is 241 g/mol. The van der Waals surface area contributed by atoms with E-state index in [1.807, 2.05) is 0 Å². The molecule has 5 nitrogen and oxygen atoms in total. The fourth-order valence-corrected chi connectivity index (χ4v) is 1.85. The number of unbranched alkanes of at least 4 members (excludes halogenated alkanes) is 1. The highest BCUT2D eigenvalue weighted by Gasteiger charge is 2.10. The highest BCUT2D eigenvalue weighted by Crippen LogP contribution is 2.36. The van der Waals surface area contributed by atoms with Gasteiger partial charge in [-0.3, -0.25) is 4.79 Å². The number of hydrogen-bond donors (Lipinski definition) is 3. The highest BCUT2D eigenvalue weighted by molar-refractivity contribution is 7.62. The van der Waals surface area contributed by atoms with Crippen LogP contribution in [0.25, 0.3) is 0 Å². The molecule has 102 valence electrons. The minimum absolute atomic E-state index is 0.0232. The molecule has 0 fully saturated rings. The van der Waals surface area contributed by atoms with Gasteiger partial charge in [-0.1, -0.05) is 12.7 Å². The summed E-state index contributed by atoms with van der Waals surface area (Å²) in [6.45, 7) is 4.10. The van der Waals surface area contributed by atoms with E-state index in [1.54, 1.807) is 6.66 Å². The number of aliphatic hydroxyl groups excluding tert-OH is 1. The fourth-order valence-electron chi connectivity index (χ4n) is 1.32. The number of hydrogen-bond acceptors (Lipinski definition) is 4. The zero-order valence-corrected chi connectivity index (χ0v) is 11.6. The standard InChI is InChI=1S/C11H24NO4P/c1-10(14)12-7-5-4-6-11(8-13)9-16-17(2,3)15/h11,13,15H,2,4-9H2,1,3H3,(H,12,14). The van der Waals surface area contributed by atoms with Gasteiger partial charge >= 0.3 is 0 Å². The van der Waals surface area contributed by atoms with E-state index in [2.05, 4.69) is 11.6 Å². The van der Waals surface area contributed by atoms with E-state index in [1.165, 1.54) is 6.92 Å². The van der Waals surface area contributed by atoms with Gasteiger partial charge in [-0.05, 0) is 12.8 Å². The maximum atomic E-state index is 10.6. The number of amides is 1. The van der Waals surface area contributed by atoms with Crippen molar-refractivity contribution in [2.75, 3.05) is 26.4 Å².